The number of benzene rings is 1. The van der Waals surface area contributed by atoms with Crippen molar-refractivity contribution in [2.24, 2.45) is 5.73 Å². The Morgan fingerprint density at radius 2 is 2.05 bits per heavy atom. The summed E-state index contributed by atoms with van der Waals surface area (Å²) in [6.07, 6.45) is 3.55. The van der Waals surface area contributed by atoms with Crippen LogP contribution >= 0.6 is 0 Å². The normalized spacial score (nSPS) is 10.9. The van der Waals surface area contributed by atoms with Crippen LogP contribution in [0, 0.1) is 6.92 Å². The minimum absolute atomic E-state index is 0.413. The van der Waals surface area contributed by atoms with Gasteiger partial charge in [-0.1, -0.05) is 35.0 Å². The molecule has 3 rings (SSSR count). The number of imidazole rings is 1. The monoisotopic (exact) mass is 269 g/mol. The van der Waals surface area contributed by atoms with Crippen molar-refractivity contribution in [1.29, 1.82) is 0 Å². The number of hydrogen-bond donors (Lipinski definition) is 1. The first kappa shape index (κ1) is 12.6. The second kappa shape index (κ2) is 5.26. The number of rotatable bonds is 4. The van der Waals surface area contributed by atoms with Gasteiger partial charge < -0.3 is 14.8 Å². The van der Waals surface area contributed by atoms with Gasteiger partial charge in [0, 0.05) is 24.8 Å². The number of nitrogens with zero attached hydrogens (tertiary/aromatic N) is 4. The molecule has 2 heterocycles. The van der Waals surface area contributed by atoms with Crippen LogP contribution in [0.15, 0.2) is 41.3 Å². The van der Waals surface area contributed by atoms with Crippen LogP contribution in [0.5, 0.6) is 0 Å². The first-order valence-corrected chi connectivity index (χ1v) is 6.39. The van der Waals surface area contributed by atoms with E-state index in [0.717, 1.165) is 5.56 Å². The zero-order chi connectivity index (χ0) is 13.9. The van der Waals surface area contributed by atoms with Crippen molar-refractivity contribution in [2.75, 3.05) is 6.54 Å². The molecule has 6 nitrogen and oxygen atoms in total. The third kappa shape index (κ3) is 2.46. The molecule has 0 saturated heterocycles. The number of aryl methyl sites for hydroxylation is 1. The van der Waals surface area contributed by atoms with Gasteiger partial charge in [0.15, 0.2) is 0 Å². The highest BCUT2D eigenvalue weighted by molar-refractivity contribution is 5.57. The predicted octanol–water partition coefficient (Wildman–Crippen LogP) is 1.87. The number of aromatic nitrogens is 4. The molecule has 20 heavy (non-hydrogen) atoms. The molecule has 0 spiro atoms. The Morgan fingerprint density at radius 1 is 1.25 bits per heavy atom. The van der Waals surface area contributed by atoms with Gasteiger partial charge in [0.25, 0.3) is 5.89 Å². The highest BCUT2D eigenvalue weighted by atomic mass is 16.5. The Labute approximate surface area is 116 Å². The van der Waals surface area contributed by atoms with Crippen molar-refractivity contribution in [2.45, 2.75) is 13.5 Å². The van der Waals surface area contributed by atoms with Crippen molar-refractivity contribution in [3.63, 3.8) is 0 Å². The third-order valence-electron chi connectivity index (χ3n) is 2.98. The highest BCUT2D eigenvalue weighted by Gasteiger charge is 2.12. The number of nitrogens with two attached hydrogens (primary N) is 1. The van der Waals surface area contributed by atoms with Crippen molar-refractivity contribution in [3.8, 4) is 23.0 Å². The molecule has 0 fully saturated rings. The zero-order valence-corrected chi connectivity index (χ0v) is 11.2. The molecule has 1 aromatic carbocycles. The van der Waals surface area contributed by atoms with Crippen LogP contribution in [0.25, 0.3) is 23.0 Å². The van der Waals surface area contributed by atoms with Crippen LogP contribution < -0.4 is 5.73 Å². The molecule has 2 aromatic heterocycles. The molecule has 0 atom stereocenters. The molecule has 0 aliphatic carbocycles. The molecule has 3 aromatic rings. The SMILES string of the molecule is Cc1ccc(-c2noc(-c3cn(CCN)cn3)n2)cc1. The Hall–Kier alpha value is -2.47. The molecule has 0 saturated carbocycles. The van der Waals surface area contributed by atoms with Crippen LogP contribution in [0.1, 0.15) is 5.56 Å². The molecular formula is C14H15N5O. The van der Waals surface area contributed by atoms with Crippen molar-refractivity contribution < 1.29 is 4.52 Å². The predicted molar refractivity (Wildman–Crippen MR) is 74.7 cm³/mol. The van der Waals surface area contributed by atoms with E-state index in [9.17, 15) is 0 Å². The maximum Gasteiger partial charge on any atom is 0.278 e. The molecule has 0 unspecified atom stereocenters. The van der Waals surface area contributed by atoms with Crippen molar-refractivity contribution in [1.82, 2.24) is 19.7 Å². The molecule has 0 aliphatic heterocycles. The van der Waals surface area contributed by atoms with E-state index in [-0.39, 0.29) is 0 Å². The summed E-state index contributed by atoms with van der Waals surface area (Å²) in [5.74, 6) is 0.977. The Balaban J connectivity index is 1.87. The molecule has 102 valence electrons. The summed E-state index contributed by atoms with van der Waals surface area (Å²) >= 11 is 0. The fourth-order valence-corrected chi connectivity index (χ4v) is 1.89. The van der Waals surface area contributed by atoms with Gasteiger partial charge in [-0.05, 0) is 6.92 Å². The second-order valence-electron chi connectivity index (χ2n) is 4.57. The smallest absolute Gasteiger partial charge is 0.278 e. The van der Waals surface area contributed by atoms with Gasteiger partial charge in [-0.2, -0.15) is 4.98 Å². The van der Waals surface area contributed by atoms with E-state index in [1.54, 1.807) is 6.33 Å². The van der Waals surface area contributed by atoms with Gasteiger partial charge >= 0.3 is 0 Å². The summed E-state index contributed by atoms with van der Waals surface area (Å²) in [5.41, 5.74) is 8.27. The average molecular weight is 269 g/mol. The van der Waals surface area contributed by atoms with Crippen molar-refractivity contribution >= 4 is 0 Å². The standard InChI is InChI=1S/C14H15N5O/c1-10-2-4-11(5-3-10)13-17-14(20-18-13)12-8-19(7-6-15)9-16-12/h2-5,8-9H,6-7,15H2,1H3. The van der Waals surface area contributed by atoms with Crippen molar-refractivity contribution in [3.05, 3.63) is 42.4 Å². The maximum absolute atomic E-state index is 5.50. The summed E-state index contributed by atoms with van der Waals surface area (Å²) in [7, 11) is 0. The number of hydrogen-bond acceptors (Lipinski definition) is 5. The van der Waals surface area contributed by atoms with E-state index in [4.69, 9.17) is 10.3 Å². The van der Waals surface area contributed by atoms with E-state index in [1.165, 1.54) is 5.56 Å². The summed E-state index contributed by atoms with van der Waals surface area (Å²) in [6, 6.07) is 7.97. The molecule has 0 radical (unpaired) electrons. The Kier molecular flexibility index (Phi) is 3.30. The fourth-order valence-electron chi connectivity index (χ4n) is 1.89. The van der Waals surface area contributed by atoms with Gasteiger partial charge in [0.05, 0.1) is 6.33 Å². The van der Waals surface area contributed by atoms with Crippen LogP contribution in [0.3, 0.4) is 0 Å². The summed E-state index contributed by atoms with van der Waals surface area (Å²) < 4.78 is 7.15. The lowest BCUT2D eigenvalue weighted by molar-refractivity contribution is 0.431. The maximum atomic E-state index is 5.50. The Bertz CT molecular complexity index is 698. The topological polar surface area (TPSA) is 82.8 Å². The molecular weight excluding hydrogens is 254 g/mol. The fraction of sp³-hybridized carbons (Fsp3) is 0.214. The van der Waals surface area contributed by atoms with Gasteiger partial charge in [0.1, 0.15) is 5.69 Å². The lowest BCUT2D eigenvalue weighted by Gasteiger charge is -1.94. The lowest BCUT2D eigenvalue weighted by atomic mass is 10.1. The van der Waals surface area contributed by atoms with Gasteiger partial charge in [-0.15, -0.1) is 0 Å². The molecule has 2 N–H and O–H groups in total. The van der Waals surface area contributed by atoms with E-state index in [0.29, 0.717) is 30.5 Å². The second-order valence-corrected chi connectivity index (χ2v) is 4.57. The quantitative estimate of drug-likeness (QED) is 0.781. The Morgan fingerprint density at radius 3 is 2.80 bits per heavy atom. The van der Waals surface area contributed by atoms with E-state index >= 15 is 0 Å². The summed E-state index contributed by atoms with van der Waals surface area (Å²) in [5, 5.41) is 3.99. The average Bonchev–Trinajstić information content (AvgIpc) is 3.08. The van der Waals surface area contributed by atoms with Crippen LogP contribution in [-0.4, -0.2) is 26.2 Å². The van der Waals surface area contributed by atoms with E-state index < -0.39 is 0 Å². The largest absolute Gasteiger partial charge is 0.335 e. The van der Waals surface area contributed by atoms with E-state index in [2.05, 4.69) is 15.1 Å². The molecule has 6 heteroatoms. The highest BCUT2D eigenvalue weighted by Crippen LogP contribution is 2.21. The summed E-state index contributed by atoms with van der Waals surface area (Å²) in [4.78, 5) is 8.61. The van der Waals surface area contributed by atoms with Gasteiger partial charge in [-0.25, -0.2) is 4.98 Å². The van der Waals surface area contributed by atoms with Crippen LogP contribution in [-0.2, 0) is 6.54 Å². The molecule has 0 aliphatic rings. The first-order chi connectivity index (χ1) is 9.76. The minimum atomic E-state index is 0.413. The lowest BCUT2D eigenvalue weighted by Crippen LogP contribution is -2.07. The van der Waals surface area contributed by atoms with Crippen LogP contribution in [0.2, 0.25) is 0 Å². The molecule has 0 bridgehead atoms. The molecule has 0 amide bonds. The first-order valence-electron chi connectivity index (χ1n) is 6.39. The van der Waals surface area contributed by atoms with Gasteiger partial charge in [0.2, 0.25) is 5.82 Å². The minimum Gasteiger partial charge on any atom is -0.335 e. The van der Waals surface area contributed by atoms with E-state index in [1.807, 2.05) is 42.0 Å². The van der Waals surface area contributed by atoms with Crippen LogP contribution in [0.4, 0.5) is 0 Å². The third-order valence-corrected chi connectivity index (χ3v) is 2.98. The van der Waals surface area contributed by atoms with Gasteiger partial charge in [-0.3, -0.25) is 0 Å². The summed E-state index contributed by atoms with van der Waals surface area (Å²) in [6.45, 7) is 3.32. The zero-order valence-electron chi connectivity index (χ0n) is 11.2.